The van der Waals surface area contributed by atoms with Gasteiger partial charge in [-0.1, -0.05) is 19.4 Å². The van der Waals surface area contributed by atoms with Gasteiger partial charge in [0.2, 0.25) is 0 Å². The maximum absolute atomic E-state index is 11.7. The van der Waals surface area contributed by atoms with Crippen LogP contribution in [0.4, 0.5) is 5.69 Å². The second-order valence-electron chi connectivity index (χ2n) is 4.19. The molecule has 0 fully saturated rings. The summed E-state index contributed by atoms with van der Waals surface area (Å²) in [4.78, 5) is 11.7. The van der Waals surface area contributed by atoms with Crippen LogP contribution in [0, 0.1) is 0 Å². The molecule has 0 aliphatic rings. The standard InChI is InChI=1S/C15H20N2O2S/c1-3-5-11-19-14(18)12-6-8-13(9-7-12)17-15(20)16-10-4-2/h4,6-9H,2-3,5,10-11H2,1H3,(H2,16,17,20). The van der Waals surface area contributed by atoms with Gasteiger partial charge in [0.05, 0.1) is 12.2 Å². The van der Waals surface area contributed by atoms with Crippen molar-refractivity contribution >= 4 is 29.0 Å². The third-order valence-corrected chi connectivity index (χ3v) is 2.76. The van der Waals surface area contributed by atoms with Crippen molar-refractivity contribution in [3.05, 3.63) is 42.5 Å². The van der Waals surface area contributed by atoms with Crippen molar-refractivity contribution in [3.63, 3.8) is 0 Å². The molecule has 0 aliphatic heterocycles. The van der Waals surface area contributed by atoms with E-state index in [1.54, 1.807) is 30.3 Å². The van der Waals surface area contributed by atoms with Gasteiger partial charge in [-0.15, -0.1) is 6.58 Å². The summed E-state index contributed by atoms with van der Waals surface area (Å²) in [5, 5.41) is 6.50. The Balaban J connectivity index is 2.49. The summed E-state index contributed by atoms with van der Waals surface area (Å²) in [6.07, 6.45) is 3.61. The molecule has 0 atom stereocenters. The van der Waals surface area contributed by atoms with Crippen LogP contribution >= 0.6 is 12.2 Å². The van der Waals surface area contributed by atoms with Crippen molar-refractivity contribution in [3.8, 4) is 0 Å². The van der Waals surface area contributed by atoms with Gasteiger partial charge in [0.1, 0.15) is 0 Å². The van der Waals surface area contributed by atoms with E-state index < -0.39 is 0 Å². The van der Waals surface area contributed by atoms with Crippen molar-refractivity contribution in [2.75, 3.05) is 18.5 Å². The van der Waals surface area contributed by atoms with E-state index in [9.17, 15) is 4.79 Å². The first kappa shape index (κ1) is 16.2. The average Bonchev–Trinajstić information content (AvgIpc) is 2.46. The van der Waals surface area contributed by atoms with E-state index in [4.69, 9.17) is 17.0 Å². The first-order valence-electron chi connectivity index (χ1n) is 6.60. The fourth-order valence-electron chi connectivity index (χ4n) is 1.42. The Bertz CT molecular complexity index is 457. The molecule has 0 amide bonds. The Kier molecular flexibility index (Phi) is 7.35. The Morgan fingerprint density at radius 2 is 2.10 bits per heavy atom. The van der Waals surface area contributed by atoms with Crippen LogP contribution in [-0.2, 0) is 4.74 Å². The molecule has 4 nitrogen and oxygen atoms in total. The molecule has 0 aromatic heterocycles. The van der Waals surface area contributed by atoms with Crippen molar-refractivity contribution in [1.29, 1.82) is 0 Å². The van der Waals surface area contributed by atoms with Crippen molar-refractivity contribution in [1.82, 2.24) is 5.32 Å². The van der Waals surface area contributed by atoms with E-state index in [1.807, 2.05) is 0 Å². The summed E-state index contributed by atoms with van der Waals surface area (Å²) in [6.45, 7) is 6.72. The molecule has 0 spiro atoms. The number of carbonyl (C=O) groups is 1. The van der Waals surface area contributed by atoms with Gasteiger partial charge in [-0.25, -0.2) is 4.79 Å². The lowest BCUT2D eigenvalue weighted by molar-refractivity contribution is 0.0500. The highest BCUT2D eigenvalue weighted by molar-refractivity contribution is 7.80. The summed E-state index contributed by atoms with van der Waals surface area (Å²) >= 11 is 5.09. The first-order valence-corrected chi connectivity index (χ1v) is 7.01. The highest BCUT2D eigenvalue weighted by atomic mass is 32.1. The Morgan fingerprint density at radius 3 is 2.70 bits per heavy atom. The molecule has 20 heavy (non-hydrogen) atoms. The quantitative estimate of drug-likeness (QED) is 0.350. The molecule has 0 aliphatic carbocycles. The van der Waals surface area contributed by atoms with Crippen LogP contribution in [0.1, 0.15) is 30.1 Å². The van der Waals surface area contributed by atoms with Gasteiger partial charge >= 0.3 is 5.97 Å². The predicted octanol–water partition coefficient (Wildman–Crippen LogP) is 3.12. The van der Waals surface area contributed by atoms with Crippen LogP contribution < -0.4 is 10.6 Å². The van der Waals surface area contributed by atoms with Crippen molar-refractivity contribution < 1.29 is 9.53 Å². The maximum atomic E-state index is 11.7. The van der Waals surface area contributed by atoms with Crippen LogP contribution in [0.25, 0.3) is 0 Å². The lowest BCUT2D eigenvalue weighted by atomic mass is 10.2. The molecule has 0 unspecified atom stereocenters. The molecule has 2 N–H and O–H groups in total. The van der Waals surface area contributed by atoms with Crippen LogP contribution in [0.2, 0.25) is 0 Å². The topological polar surface area (TPSA) is 50.4 Å². The molecule has 0 heterocycles. The summed E-state index contributed by atoms with van der Waals surface area (Å²) < 4.78 is 5.13. The number of nitrogens with one attached hydrogen (secondary N) is 2. The zero-order valence-electron chi connectivity index (χ0n) is 11.6. The molecule has 108 valence electrons. The second-order valence-corrected chi connectivity index (χ2v) is 4.60. The fraction of sp³-hybridized carbons (Fsp3) is 0.333. The van der Waals surface area contributed by atoms with E-state index in [1.165, 1.54) is 0 Å². The molecule has 0 saturated heterocycles. The predicted molar refractivity (Wildman–Crippen MR) is 86.1 cm³/mol. The van der Waals surface area contributed by atoms with Gasteiger partial charge < -0.3 is 15.4 Å². The Hall–Kier alpha value is -1.88. The second kappa shape index (κ2) is 9.09. The maximum Gasteiger partial charge on any atom is 0.338 e. The zero-order valence-corrected chi connectivity index (χ0v) is 12.5. The van der Waals surface area contributed by atoms with Gasteiger partial charge in [-0.2, -0.15) is 0 Å². The SMILES string of the molecule is C=CCNC(=S)Nc1ccc(C(=O)OCCCC)cc1. The average molecular weight is 292 g/mol. The largest absolute Gasteiger partial charge is 0.462 e. The Morgan fingerprint density at radius 1 is 1.40 bits per heavy atom. The molecule has 0 bridgehead atoms. The fourth-order valence-corrected chi connectivity index (χ4v) is 1.62. The monoisotopic (exact) mass is 292 g/mol. The van der Waals surface area contributed by atoms with Crippen LogP contribution in [0.5, 0.6) is 0 Å². The summed E-state index contributed by atoms with van der Waals surface area (Å²) in [6, 6.07) is 7.01. The van der Waals surface area contributed by atoms with Gasteiger partial charge in [-0.3, -0.25) is 0 Å². The lowest BCUT2D eigenvalue weighted by Gasteiger charge is -2.09. The highest BCUT2D eigenvalue weighted by Crippen LogP contribution is 2.10. The van der Waals surface area contributed by atoms with Gasteiger partial charge in [-0.05, 0) is 42.9 Å². The number of rotatable bonds is 7. The lowest BCUT2D eigenvalue weighted by Crippen LogP contribution is -2.28. The van der Waals surface area contributed by atoms with Gasteiger partial charge in [0.15, 0.2) is 5.11 Å². The van der Waals surface area contributed by atoms with Crippen molar-refractivity contribution in [2.24, 2.45) is 0 Å². The van der Waals surface area contributed by atoms with Crippen LogP contribution in [0.15, 0.2) is 36.9 Å². The summed E-state index contributed by atoms with van der Waals surface area (Å²) in [5.41, 5.74) is 1.35. The van der Waals surface area contributed by atoms with E-state index in [0.29, 0.717) is 23.8 Å². The highest BCUT2D eigenvalue weighted by Gasteiger charge is 2.06. The minimum Gasteiger partial charge on any atom is -0.462 e. The molecule has 5 heteroatoms. The van der Waals surface area contributed by atoms with E-state index in [-0.39, 0.29) is 5.97 Å². The number of thiocarbonyl (C=S) groups is 1. The van der Waals surface area contributed by atoms with Crippen LogP contribution in [0.3, 0.4) is 0 Å². The molecule has 1 aromatic carbocycles. The molecule has 0 saturated carbocycles. The molecule has 1 rings (SSSR count). The minimum atomic E-state index is -0.294. The number of benzene rings is 1. The number of hydrogen-bond acceptors (Lipinski definition) is 3. The molecule has 1 aromatic rings. The first-order chi connectivity index (χ1) is 9.67. The number of ether oxygens (including phenoxy) is 1. The number of unbranched alkanes of at least 4 members (excludes halogenated alkanes) is 1. The van der Waals surface area contributed by atoms with E-state index >= 15 is 0 Å². The number of carbonyl (C=O) groups excluding carboxylic acids is 1. The van der Waals surface area contributed by atoms with Crippen molar-refractivity contribution in [2.45, 2.75) is 19.8 Å². The van der Waals surface area contributed by atoms with Crippen LogP contribution in [-0.4, -0.2) is 24.2 Å². The normalized spacial score (nSPS) is 9.65. The Labute approximate surface area is 125 Å². The van der Waals surface area contributed by atoms with E-state index in [2.05, 4.69) is 24.1 Å². The van der Waals surface area contributed by atoms with Gasteiger partial charge in [0.25, 0.3) is 0 Å². The summed E-state index contributed by atoms with van der Waals surface area (Å²) in [7, 11) is 0. The molecule has 0 radical (unpaired) electrons. The third kappa shape index (κ3) is 5.84. The molecular formula is C15H20N2O2S. The number of hydrogen-bond donors (Lipinski definition) is 2. The van der Waals surface area contributed by atoms with Gasteiger partial charge in [0, 0.05) is 12.2 Å². The zero-order chi connectivity index (χ0) is 14.8. The number of esters is 1. The van der Waals surface area contributed by atoms with E-state index in [0.717, 1.165) is 18.5 Å². The minimum absolute atomic E-state index is 0.294. The molecular weight excluding hydrogens is 272 g/mol. The summed E-state index contributed by atoms with van der Waals surface area (Å²) in [5.74, 6) is -0.294. The number of anilines is 1. The third-order valence-electron chi connectivity index (χ3n) is 2.52. The smallest absolute Gasteiger partial charge is 0.338 e.